The van der Waals surface area contributed by atoms with Gasteiger partial charge in [0.25, 0.3) is 9.05 Å². The quantitative estimate of drug-likeness (QED) is 0.603. The van der Waals surface area contributed by atoms with Crippen molar-refractivity contribution in [2.24, 2.45) is 0 Å². The molecule has 0 amide bonds. The van der Waals surface area contributed by atoms with Crippen molar-refractivity contribution in [2.45, 2.75) is 4.90 Å². The second-order valence-electron chi connectivity index (χ2n) is 2.75. The third-order valence-corrected chi connectivity index (χ3v) is 3.05. The fourth-order valence-corrected chi connectivity index (χ4v) is 1.96. The first-order chi connectivity index (χ1) is 7.45. The van der Waals surface area contributed by atoms with Gasteiger partial charge in [-0.25, -0.2) is 13.2 Å². The number of para-hydroxylation sites is 1. The number of rotatable bonds is 4. The van der Waals surface area contributed by atoms with Crippen LogP contribution in [0, 0.1) is 0 Å². The van der Waals surface area contributed by atoms with Gasteiger partial charge in [-0.2, -0.15) is 0 Å². The smallest absolute Gasteiger partial charge is 0.343 e. The standard InChI is InChI=1S/C9H9ClO5S/c1-14-9(11)6-15-7-4-2-3-5-8(7)16(10,12)13/h2-5H,6H2,1H3. The van der Waals surface area contributed by atoms with Crippen LogP contribution in [0.5, 0.6) is 5.75 Å². The molecule has 7 heteroatoms. The van der Waals surface area contributed by atoms with E-state index in [4.69, 9.17) is 15.4 Å². The Morgan fingerprint density at radius 2 is 2.00 bits per heavy atom. The number of halogens is 1. The van der Waals surface area contributed by atoms with Crippen LogP contribution in [0.15, 0.2) is 29.2 Å². The third-order valence-electron chi connectivity index (χ3n) is 1.69. The summed E-state index contributed by atoms with van der Waals surface area (Å²) in [6, 6.07) is 5.76. The number of benzene rings is 1. The van der Waals surface area contributed by atoms with Crippen LogP contribution in [0.3, 0.4) is 0 Å². The van der Waals surface area contributed by atoms with Gasteiger partial charge in [0, 0.05) is 10.7 Å². The maximum absolute atomic E-state index is 11.1. The van der Waals surface area contributed by atoms with E-state index in [1.54, 1.807) is 6.07 Å². The van der Waals surface area contributed by atoms with E-state index in [1.807, 2.05) is 0 Å². The Balaban J connectivity index is 2.93. The lowest BCUT2D eigenvalue weighted by atomic mass is 10.3. The van der Waals surface area contributed by atoms with Gasteiger partial charge in [-0.1, -0.05) is 12.1 Å². The van der Waals surface area contributed by atoms with Crippen LogP contribution in [0.2, 0.25) is 0 Å². The number of hydrogen-bond acceptors (Lipinski definition) is 5. The lowest BCUT2D eigenvalue weighted by Gasteiger charge is -2.07. The van der Waals surface area contributed by atoms with Crippen LogP contribution in [0.4, 0.5) is 0 Å². The van der Waals surface area contributed by atoms with E-state index < -0.39 is 15.0 Å². The van der Waals surface area contributed by atoms with Gasteiger partial charge in [-0.15, -0.1) is 0 Å². The molecule has 0 bridgehead atoms. The third kappa shape index (κ3) is 3.39. The first-order valence-electron chi connectivity index (χ1n) is 4.18. The van der Waals surface area contributed by atoms with E-state index in [0.29, 0.717) is 0 Å². The van der Waals surface area contributed by atoms with Crippen LogP contribution < -0.4 is 4.74 Å². The highest BCUT2D eigenvalue weighted by Gasteiger charge is 2.16. The molecule has 0 aliphatic rings. The summed E-state index contributed by atoms with van der Waals surface area (Å²) in [5.74, 6) is -0.593. The number of ether oxygens (including phenoxy) is 2. The summed E-state index contributed by atoms with van der Waals surface area (Å²) in [6.07, 6.45) is 0. The van der Waals surface area contributed by atoms with E-state index in [0.717, 1.165) is 0 Å². The molecule has 0 spiro atoms. The van der Waals surface area contributed by atoms with E-state index in [2.05, 4.69) is 4.74 Å². The first kappa shape index (κ1) is 12.8. The van der Waals surface area contributed by atoms with Crippen LogP contribution in [-0.2, 0) is 18.6 Å². The van der Waals surface area contributed by atoms with Gasteiger partial charge in [-0.05, 0) is 12.1 Å². The molecule has 0 aromatic heterocycles. The molecule has 0 aliphatic heterocycles. The number of hydrogen-bond donors (Lipinski definition) is 0. The van der Waals surface area contributed by atoms with Crippen molar-refractivity contribution in [3.05, 3.63) is 24.3 Å². The lowest BCUT2D eigenvalue weighted by Crippen LogP contribution is -2.13. The topological polar surface area (TPSA) is 69.7 Å². The van der Waals surface area contributed by atoms with Crippen LogP contribution in [0.25, 0.3) is 0 Å². The van der Waals surface area contributed by atoms with Crippen molar-refractivity contribution in [3.63, 3.8) is 0 Å². The zero-order chi connectivity index (χ0) is 12.2. The Labute approximate surface area is 97.3 Å². The van der Waals surface area contributed by atoms with Crippen LogP contribution in [-0.4, -0.2) is 28.1 Å². The fraction of sp³-hybridized carbons (Fsp3) is 0.222. The van der Waals surface area contributed by atoms with Gasteiger partial charge in [0.15, 0.2) is 6.61 Å². The summed E-state index contributed by atoms with van der Waals surface area (Å²) in [4.78, 5) is 10.6. The van der Waals surface area contributed by atoms with E-state index in [9.17, 15) is 13.2 Å². The van der Waals surface area contributed by atoms with Crippen molar-refractivity contribution >= 4 is 25.7 Å². The minimum absolute atomic E-state index is 0.0166. The minimum atomic E-state index is -3.89. The van der Waals surface area contributed by atoms with Crippen LogP contribution in [0.1, 0.15) is 0 Å². The molecule has 0 heterocycles. The second kappa shape index (κ2) is 5.18. The van der Waals surface area contributed by atoms with Crippen molar-refractivity contribution in [2.75, 3.05) is 13.7 Å². The molecule has 16 heavy (non-hydrogen) atoms. The molecule has 1 aromatic carbocycles. The van der Waals surface area contributed by atoms with Gasteiger partial charge < -0.3 is 9.47 Å². The predicted molar refractivity (Wildman–Crippen MR) is 57.0 cm³/mol. The molecule has 0 unspecified atom stereocenters. The van der Waals surface area contributed by atoms with Crippen LogP contribution >= 0.6 is 10.7 Å². The molecule has 88 valence electrons. The monoisotopic (exact) mass is 264 g/mol. The Bertz CT molecular complexity index is 482. The molecule has 0 saturated heterocycles. The molecular weight excluding hydrogens is 256 g/mol. The maximum Gasteiger partial charge on any atom is 0.343 e. The summed E-state index contributed by atoms with van der Waals surface area (Å²) in [5, 5.41) is 0. The molecule has 1 rings (SSSR count). The van der Waals surface area contributed by atoms with E-state index in [1.165, 1.54) is 25.3 Å². The van der Waals surface area contributed by atoms with Crippen molar-refractivity contribution in [1.82, 2.24) is 0 Å². The molecule has 0 aliphatic carbocycles. The number of carbonyl (C=O) groups is 1. The highest BCUT2D eigenvalue weighted by atomic mass is 35.7. The van der Waals surface area contributed by atoms with Gasteiger partial charge in [-0.3, -0.25) is 0 Å². The minimum Gasteiger partial charge on any atom is -0.480 e. The first-order valence-corrected chi connectivity index (χ1v) is 6.49. The van der Waals surface area contributed by atoms with Crippen molar-refractivity contribution < 1.29 is 22.7 Å². The number of esters is 1. The summed E-state index contributed by atoms with van der Waals surface area (Å²) in [5.41, 5.74) is 0. The Kier molecular flexibility index (Phi) is 4.14. The lowest BCUT2D eigenvalue weighted by molar-refractivity contribution is -0.142. The normalized spacial score (nSPS) is 10.9. The highest BCUT2D eigenvalue weighted by Crippen LogP contribution is 2.26. The van der Waals surface area contributed by atoms with Crippen molar-refractivity contribution in [3.8, 4) is 5.75 Å². The molecular formula is C9H9ClO5S. The zero-order valence-electron chi connectivity index (χ0n) is 8.34. The Morgan fingerprint density at radius 3 is 2.56 bits per heavy atom. The summed E-state index contributed by atoms with van der Waals surface area (Å²) in [6.45, 7) is -0.375. The SMILES string of the molecule is COC(=O)COc1ccccc1S(=O)(=O)Cl. The van der Waals surface area contributed by atoms with Gasteiger partial charge in [0.2, 0.25) is 0 Å². The van der Waals surface area contributed by atoms with Gasteiger partial charge in [0.05, 0.1) is 7.11 Å². The van der Waals surface area contributed by atoms with Crippen molar-refractivity contribution in [1.29, 1.82) is 0 Å². The largest absolute Gasteiger partial charge is 0.480 e. The second-order valence-corrected chi connectivity index (χ2v) is 5.28. The molecule has 0 fully saturated rings. The summed E-state index contributed by atoms with van der Waals surface area (Å²) >= 11 is 0. The maximum atomic E-state index is 11.1. The van der Waals surface area contributed by atoms with E-state index in [-0.39, 0.29) is 17.3 Å². The van der Waals surface area contributed by atoms with Gasteiger partial charge in [0.1, 0.15) is 10.6 Å². The summed E-state index contributed by atoms with van der Waals surface area (Å²) in [7, 11) is 2.50. The average Bonchev–Trinajstić information content (AvgIpc) is 2.25. The Morgan fingerprint density at radius 1 is 1.38 bits per heavy atom. The fourth-order valence-electron chi connectivity index (χ4n) is 0.966. The summed E-state index contributed by atoms with van der Waals surface area (Å²) < 4.78 is 31.6. The number of carbonyl (C=O) groups excluding carboxylic acids is 1. The molecule has 0 radical (unpaired) electrons. The highest BCUT2D eigenvalue weighted by molar-refractivity contribution is 8.13. The molecule has 0 N–H and O–H groups in total. The molecule has 0 atom stereocenters. The molecule has 1 aromatic rings. The zero-order valence-corrected chi connectivity index (χ0v) is 9.92. The Hall–Kier alpha value is -1.27. The molecule has 0 saturated carbocycles. The number of methoxy groups -OCH3 is 1. The average molecular weight is 265 g/mol. The van der Waals surface area contributed by atoms with Gasteiger partial charge >= 0.3 is 5.97 Å². The van der Waals surface area contributed by atoms with E-state index >= 15 is 0 Å². The molecule has 5 nitrogen and oxygen atoms in total. The predicted octanol–water partition coefficient (Wildman–Crippen LogP) is 1.17.